The average Bonchev–Trinajstić information content (AvgIpc) is 2.73. The maximum absolute atomic E-state index is 11.7. The zero-order chi connectivity index (χ0) is 14.0. The highest BCUT2D eigenvalue weighted by atomic mass is 16.5. The lowest BCUT2D eigenvalue weighted by atomic mass is 9.79. The van der Waals surface area contributed by atoms with Crippen molar-refractivity contribution in [2.75, 3.05) is 13.2 Å². The van der Waals surface area contributed by atoms with Crippen LogP contribution in [-0.2, 0) is 4.74 Å². The molecule has 19 heavy (non-hydrogen) atoms. The van der Waals surface area contributed by atoms with Crippen molar-refractivity contribution in [3.63, 3.8) is 0 Å². The molecule has 0 amide bonds. The van der Waals surface area contributed by atoms with Gasteiger partial charge in [0.1, 0.15) is 0 Å². The van der Waals surface area contributed by atoms with Crippen LogP contribution in [0.25, 0.3) is 0 Å². The van der Waals surface area contributed by atoms with Crippen LogP contribution in [0.3, 0.4) is 0 Å². The Morgan fingerprint density at radius 2 is 2.26 bits per heavy atom. The number of aliphatic hydroxyl groups is 1. The lowest BCUT2D eigenvalue weighted by molar-refractivity contribution is 0.0516. The lowest BCUT2D eigenvalue weighted by Gasteiger charge is -2.34. The van der Waals surface area contributed by atoms with Gasteiger partial charge in [-0.25, -0.2) is 4.79 Å². The number of esters is 1. The van der Waals surface area contributed by atoms with Gasteiger partial charge in [-0.15, -0.1) is 0 Å². The number of carbonyl (C=O) groups excluding carboxylic acids is 1. The fourth-order valence-electron chi connectivity index (χ4n) is 2.21. The number of aromatic nitrogens is 2. The molecule has 1 saturated carbocycles. The van der Waals surface area contributed by atoms with Crippen LogP contribution in [0, 0.1) is 5.92 Å². The van der Waals surface area contributed by atoms with Crippen molar-refractivity contribution in [1.82, 2.24) is 9.78 Å². The molecule has 1 aromatic rings. The smallest absolute Gasteiger partial charge is 0.461 e. The summed E-state index contributed by atoms with van der Waals surface area (Å²) in [6.45, 7) is 2.00. The van der Waals surface area contributed by atoms with E-state index >= 15 is 0 Å². The summed E-state index contributed by atoms with van der Waals surface area (Å²) in [4.78, 5) is 11.7. The summed E-state index contributed by atoms with van der Waals surface area (Å²) >= 11 is 0. The van der Waals surface area contributed by atoms with E-state index < -0.39 is 13.1 Å². The van der Waals surface area contributed by atoms with Crippen molar-refractivity contribution in [2.24, 2.45) is 5.92 Å². The highest BCUT2D eigenvalue weighted by molar-refractivity contribution is 6.60. The minimum Gasteiger partial charge on any atom is -0.461 e. The maximum Gasteiger partial charge on any atom is 0.492 e. The Bertz CT molecular complexity index is 456. The fourth-order valence-corrected chi connectivity index (χ4v) is 2.21. The minimum absolute atomic E-state index is 0.0471. The molecule has 0 saturated heterocycles. The van der Waals surface area contributed by atoms with E-state index in [4.69, 9.17) is 9.84 Å². The SMILES string of the molecule is CCOC(=O)c1nn([C@H]2C[C@H](CO)C2)cc1B(O)O. The van der Waals surface area contributed by atoms with Crippen molar-refractivity contribution < 1.29 is 24.7 Å². The van der Waals surface area contributed by atoms with E-state index in [1.54, 1.807) is 11.6 Å². The predicted molar refractivity (Wildman–Crippen MR) is 66.9 cm³/mol. The van der Waals surface area contributed by atoms with E-state index in [0.29, 0.717) is 0 Å². The first-order valence-electron chi connectivity index (χ1n) is 6.30. The molecule has 3 N–H and O–H groups in total. The largest absolute Gasteiger partial charge is 0.492 e. The molecule has 1 heterocycles. The number of aliphatic hydroxyl groups excluding tert-OH is 1. The standard InChI is InChI=1S/C11H17BN2O5/c1-2-19-11(16)10-9(12(17)18)5-14(13-10)8-3-7(4-8)6-15/h5,7-8,15,17-18H,2-4,6H2,1H3/t7-,8-. The summed E-state index contributed by atoms with van der Waals surface area (Å²) in [5.41, 5.74) is -0.0183. The van der Waals surface area contributed by atoms with Gasteiger partial charge in [0.25, 0.3) is 0 Å². The van der Waals surface area contributed by atoms with Crippen molar-refractivity contribution >= 4 is 18.6 Å². The second kappa shape index (κ2) is 5.73. The molecule has 0 spiro atoms. The highest BCUT2D eigenvalue weighted by Crippen LogP contribution is 2.36. The Balaban J connectivity index is 2.18. The molecular formula is C11H17BN2O5. The quantitative estimate of drug-likeness (QED) is 0.452. The van der Waals surface area contributed by atoms with Gasteiger partial charge in [0.2, 0.25) is 0 Å². The first-order chi connectivity index (χ1) is 9.06. The van der Waals surface area contributed by atoms with Crippen molar-refractivity contribution in [3.8, 4) is 0 Å². The van der Waals surface area contributed by atoms with Crippen LogP contribution in [0.4, 0.5) is 0 Å². The molecule has 104 valence electrons. The predicted octanol–water partition coefficient (Wildman–Crippen LogP) is -1.32. The Labute approximate surface area is 111 Å². The summed E-state index contributed by atoms with van der Waals surface area (Å²) in [5.74, 6) is -0.412. The Morgan fingerprint density at radius 1 is 1.58 bits per heavy atom. The van der Waals surface area contributed by atoms with Crippen LogP contribution < -0.4 is 5.46 Å². The molecule has 0 atom stereocenters. The molecule has 0 aromatic carbocycles. The third-order valence-corrected chi connectivity index (χ3v) is 3.35. The van der Waals surface area contributed by atoms with E-state index in [2.05, 4.69) is 5.10 Å². The maximum atomic E-state index is 11.7. The van der Waals surface area contributed by atoms with Crippen molar-refractivity contribution in [3.05, 3.63) is 11.9 Å². The monoisotopic (exact) mass is 268 g/mol. The first-order valence-corrected chi connectivity index (χ1v) is 6.30. The average molecular weight is 268 g/mol. The van der Waals surface area contributed by atoms with Crippen molar-refractivity contribution in [1.29, 1.82) is 0 Å². The van der Waals surface area contributed by atoms with E-state index in [9.17, 15) is 14.8 Å². The minimum atomic E-state index is -1.76. The fraction of sp³-hybridized carbons (Fsp3) is 0.636. The van der Waals surface area contributed by atoms with E-state index in [1.165, 1.54) is 6.20 Å². The van der Waals surface area contributed by atoms with Crippen LogP contribution in [-0.4, -0.2) is 51.2 Å². The van der Waals surface area contributed by atoms with Gasteiger partial charge in [-0.3, -0.25) is 4.68 Å². The number of hydrogen-bond acceptors (Lipinski definition) is 6. The Morgan fingerprint density at radius 3 is 2.79 bits per heavy atom. The number of carbonyl (C=O) groups is 1. The molecule has 2 rings (SSSR count). The van der Waals surface area contributed by atoms with Gasteiger partial charge in [-0.2, -0.15) is 5.10 Å². The molecule has 1 aromatic heterocycles. The molecule has 1 aliphatic carbocycles. The highest BCUT2D eigenvalue weighted by Gasteiger charge is 2.33. The zero-order valence-corrected chi connectivity index (χ0v) is 10.7. The summed E-state index contributed by atoms with van der Waals surface area (Å²) in [6.07, 6.45) is 2.98. The van der Waals surface area contributed by atoms with E-state index in [1.807, 2.05) is 0 Å². The first kappa shape index (κ1) is 14.0. The summed E-state index contributed by atoms with van der Waals surface area (Å²) < 4.78 is 6.38. The van der Waals surface area contributed by atoms with Gasteiger partial charge < -0.3 is 19.9 Å². The Hall–Kier alpha value is -1.38. The van der Waals surface area contributed by atoms with Gasteiger partial charge in [-0.05, 0) is 25.7 Å². The molecule has 7 nitrogen and oxygen atoms in total. The van der Waals surface area contributed by atoms with Gasteiger partial charge >= 0.3 is 13.1 Å². The third kappa shape index (κ3) is 2.80. The van der Waals surface area contributed by atoms with Gasteiger partial charge in [0, 0.05) is 18.3 Å². The molecule has 0 unspecified atom stereocenters. The van der Waals surface area contributed by atoms with Crippen LogP contribution in [0.5, 0.6) is 0 Å². The number of rotatable bonds is 5. The van der Waals surface area contributed by atoms with Crippen LogP contribution in [0.1, 0.15) is 36.3 Å². The van der Waals surface area contributed by atoms with Crippen molar-refractivity contribution in [2.45, 2.75) is 25.8 Å². The van der Waals surface area contributed by atoms with Crippen LogP contribution >= 0.6 is 0 Å². The molecule has 0 radical (unpaired) electrons. The van der Waals surface area contributed by atoms with Gasteiger partial charge in [0.15, 0.2) is 5.69 Å². The summed E-state index contributed by atoms with van der Waals surface area (Å²) in [5, 5.41) is 31.6. The number of hydrogen-bond donors (Lipinski definition) is 3. The summed E-state index contributed by atoms with van der Waals surface area (Å²) in [6, 6.07) is 0.0813. The lowest BCUT2D eigenvalue weighted by Crippen LogP contribution is -2.34. The van der Waals surface area contributed by atoms with E-state index in [0.717, 1.165) is 12.8 Å². The second-order valence-electron chi connectivity index (χ2n) is 4.68. The second-order valence-corrected chi connectivity index (χ2v) is 4.68. The van der Waals surface area contributed by atoms with E-state index in [-0.39, 0.29) is 36.3 Å². The van der Waals surface area contributed by atoms with Crippen LogP contribution in [0.15, 0.2) is 6.20 Å². The number of nitrogens with zero attached hydrogens (tertiary/aromatic N) is 2. The third-order valence-electron chi connectivity index (χ3n) is 3.35. The molecule has 8 heteroatoms. The molecule has 1 aliphatic rings. The molecule has 0 bridgehead atoms. The zero-order valence-electron chi connectivity index (χ0n) is 10.7. The Kier molecular flexibility index (Phi) is 4.23. The molecule has 1 fully saturated rings. The molecular weight excluding hydrogens is 251 g/mol. The van der Waals surface area contributed by atoms with Crippen LogP contribution in [0.2, 0.25) is 0 Å². The van der Waals surface area contributed by atoms with Gasteiger partial charge in [-0.1, -0.05) is 0 Å². The molecule has 0 aliphatic heterocycles. The number of ether oxygens (including phenoxy) is 1. The van der Waals surface area contributed by atoms with Gasteiger partial charge in [0.05, 0.1) is 12.6 Å². The summed E-state index contributed by atoms with van der Waals surface area (Å²) in [7, 11) is -1.76. The normalized spacial score (nSPS) is 21.9. The topological polar surface area (TPSA) is 105 Å².